The number of nitrogens with zero attached hydrogens (tertiary/aromatic N) is 4. The number of nitrogen functional groups attached to an aromatic ring is 1. The van der Waals surface area contributed by atoms with E-state index in [2.05, 4.69) is 15.0 Å². The third kappa shape index (κ3) is 2.29. The third-order valence-electron chi connectivity index (χ3n) is 2.34. The highest BCUT2D eigenvalue weighted by molar-refractivity contribution is 6.34. The van der Waals surface area contributed by atoms with Crippen LogP contribution in [0.15, 0.2) is 24.8 Å². The lowest BCUT2D eigenvalue weighted by Crippen LogP contribution is -2.09. The van der Waals surface area contributed by atoms with Crippen LogP contribution in [0.3, 0.4) is 0 Å². The van der Waals surface area contributed by atoms with Crippen molar-refractivity contribution in [3.63, 3.8) is 0 Å². The highest BCUT2D eigenvalue weighted by Gasteiger charge is 2.12. The van der Waals surface area contributed by atoms with E-state index in [4.69, 9.17) is 17.3 Å². The predicted octanol–water partition coefficient (Wildman–Crippen LogP) is 1.84. The molecular formula is C11H12ClN5. The third-order valence-corrected chi connectivity index (χ3v) is 2.64. The zero-order valence-electron chi connectivity index (χ0n) is 9.55. The van der Waals surface area contributed by atoms with E-state index in [9.17, 15) is 0 Å². The fourth-order valence-corrected chi connectivity index (χ4v) is 1.78. The average molecular weight is 250 g/mol. The molecule has 1 aromatic carbocycles. The Hall–Kier alpha value is -1.88. The quantitative estimate of drug-likeness (QED) is 0.823. The molecule has 0 fully saturated rings. The van der Waals surface area contributed by atoms with Gasteiger partial charge in [-0.25, -0.2) is 15.0 Å². The van der Waals surface area contributed by atoms with Crippen molar-refractivity contribution in [2.24, 2.45) is 0 Å². The second-order valence-electron chi connectivity index (χ2n) is 3.75. The van der Waals surface area contributed by atoms with Crippen LogP contribution in [0.4, 0.5) is 11.4 Å². The summed E-state index contributed by atoms with van der Waals surface area (Å²) in [6, 6.07) is 3.67. The van der Waals surface area contributed by atoms with Gasteiger partial charge in [0.2, 0.25) is 0 Å². The number of nitrogens with two attached hydrogens (primary N) is 1. The van der Waals surface area contributed by atoms with Gasteiger partial charge in [0, 0.05) is 25.5 Å². The molecule has 0 amide bonds. The summed E-state index contributed by atoms with van der Waals surface area (Å²) in [7, 11) is 3.85. The number of halogens is 1. The first-order valence-corrected chi connectivity index (χ1v) is 5.36. The second-order valence-corrected chi connectivity index (χ2v) is 4.16. The summed E-state index contributed by atoms with van der Waals surface area (Å²) in [5.74, 6) is 0.479. The molecule has 5 nitrogen and oxygen atoms in total. The van der Waals surface area contributed by atoms with Gasteiger partial charge in [-0.15, -0.1) is 0 Å². The van der Waals surface area contributed by atoms with Gasteiger partial charge in [0.1, 0.15) is 12.7 Å². The molecule has 0 radical (unpaired) electrons. The molecule has 17 heavy (non-hydrogen) atoms. The number of benzene rings is 1. The largest absolute Gasteiger partial charge is 0.398 e. The standard InChI is InChI=1S/C11H12ClN5/c1-17(2)7-3-8(12)10(9(13)4-7)11-15-5-14-6-16-11/h3-6H,13H2,1-2H3. The van der Waals surface area contributed by atoms with Crippen LogP contribution in [0.2, 0.25) is 5.02 Å². The van der Waals surface area contributed by atoms with Crippen LogP contribution in [-0.4, -0.2) is 29.0 Å². The van der Waals surface area contributed by atoms with Crippen LogP contribution in [0, 0.1) is 0 Å². The van der Waals surface area contributed by atoms with E-state index < -0.39 is 0 Å². The van der Waals surface area contributed by atoms with Crippen LogP contribution in [0.1, 0.15) is 0 Å². The molecule has 1 heterocycles. The lowest BCUT2D eigenvalue weighted by atomic mass is 10.1. The molecule has 2 aromatic rings. The maximum atomic E-state index is 6.21. The van der Waals surface area contributed by atoms with E-state index in [1.54, 1.807) is 0 Å². The van der Waals surface area contributed by atoms with E-state index in [-0.39, 0.29) is 0 Å². The molecule has 0 aliphatic heterocycles. The van der Waals surface area contributed by atoms with Gasteiger partial charge < -0.3 is 10.6 Å². The van der Waals surface area contributed by atoms with Crippen LogP contribution in [0.25, 0.3) is 11.4 Å². The first-order valence-electron chi connectivity index (χ1n) is 4.98. The van der Waals surface area contributed by atoms with Crippen molar-refractivity contribution in [3.05, 3.63) is 29.8 Å². The molecule has 0 unspecified atom stereocenters. The normalized spacial score (nSPS) is 10.3. The zero-order valence-corrected chi connectivity index (χ0v) is 10.3. The van der Waals surface area contributed by atoms with Crippen molar-refractivity contribution in [2.75, 3.05) is 24.7 Å². The maximum absolute atomic E-state index is 6.21. The minimum absolute atomic E-state index is 0.479. The summed E-state index contributed by atoms with van der Waals surface area (Å²) in [4.78, 5) is 13.8. The Balaban J connectivity index is 2.57. The predicted molar refractivity (Wildman–Crippen MR) is 69.0 cm³/mol. The lowest BCUT2D eigenvalue weighted by molar-refractivity contribution is 1.06. The first kappa shape index (κ1) is 11.6. The van der Waals surface area contributed by atoms with Gasteiger partial charge in [0.15, 0.2) is 5.82 Å². The Morgan fingerprint density at radius 2 is 1.82 bits per heavy atom. The summed E-state index contributed by atoms with van der Waals surface area (Å²) in [6.45, 7) is 0. The van der Waals surface area contributed by atoms with Crippen LogP contribution in [0.5, 0.6) is 0 Å². The van der Waals surface area contributed by atoms with Crippen molar-refractivity contribution in [1.29, 1.82) is 0 Å². The minimum atomic E-state index is 0.479. The molecule has 2 rings (SSSR count). The number of rotatable bonds is 2. The summed E-state index contributed by atoms with van der Waals surface area (Å²) in [5.41, 5.74) is 8.10. The number of hydrogen-bond donors (Lipinski definition) is 1. The first-order chi connectivity index (χ1) is 8.09. The van der Waals surface area contributed by atoms with E-state index in [1.807, 2.05) is 31.1 Å². The van der Waals surface area contributed by atoms with Gasteiger partial charge in [-0.1, -0.05) is 11.6 Å². The van der Waals surface area contributed by atoms with Crippen molar-refractivity contribution < 1.29 is 0 Å². The van der Waals surface area contributed by atoms with E-state index in [0.717, 1.165) is 5.69 Å². The SMILES string of the molecule is CN(C)c1cc(N)c(-c2ncncn2)c(Cl)c1. The monoisotopic (exact) mass is 249 g/mol. The Morgan fingerprint density at radius 3 is 2.35 bits per heavy atom. The summed E-state index contributed by atoms with van der Waals surface area (Å²) in [5, 5.41) is 0.528. The molecule has 2 N–H and O–H groups in total. The fraction of sp³-hybridized carbons (Fsp3) is 0.182. The number of anilines is 2. The highest BCUT2D eigenvalue weighted by atomic mass is 35.5. The zero-order chi connectivity index (χ0) is 12.4. The van der Waals surface area contributed by atoms with Crippen molar-refractivity contribution in [3.8, 4) is 11.4 Å². The topological polar surface area (TPSA) is 67.9 Å². The van der Waals surface area contributed by atoms with Crippen molar-refractivity contribution in [2.45, 2.75) is 0 Å². The Labute approximate surface area is 104 Å². The van der Waals surface area contributed by atoms with E-state index in [1.165, 1.54) is 12.7 Å². The minimum Gasteiger partial charge on any atom is -0.398 e. The Morgan fingerprint density at radius 1 is 1.18 bits per heavy atom. The van der Waals surface area contributed by atoms with Gasteiger partial charge in [0.05, 0.1) is 10.6 Å². The number of hydrogen-bond acceptors (Lipinski definition) is 5. The van der Waals surface area contributed by atoms with Gasteiger partial charge in [-0.05, 0) is 12.1 Å². The molecule has 0 saturated heterocycles. The smallest absolute Gasteiger partial charge is 0.166 e. The average Bonchev–Trinajstić information content (AvgIpc) is 2.29. The van der Waals surface area contributed by atoms with Crippen LogP contribution >= 0.6 is 11.6 Å². The van der Waals surface area contributed by atoms with Gasteiger partial charge in [0.25, 0.3) is 0 Å². The molecule has 0 aliphatic rings. The lowest BCUT2D eigenvalue weighted by Gasteiger charge is -2.15. The molecule has 6 heteroatoms. The van der Waals surface area contributed by atoms with E-state index in [0.29, 0.717) is 22.1 Å². The van der Waals surface area contributed by atoms with Gasteiger partial charge >= 0.3 is 0 Å². The summed E-state index contributed by atoms with van der Waals surface area (Å²) in [6.07, 6.45) is 2.83. The van der Waals surface area contributed by atoms with Crippen LogP contribution < -0.4 is 10.6 Å². The molecule has 88 valence electrons. The summed E-state index contributed by atoms with van der Waals surface area (Å²) < 4.78 is 0. The number of aromatic nitrogens is 3. The van der Waals surface area contributed by atoms with Gasteiger partial charge in [-0.2, -0.15) is 0 Å². The Bertz CT molecular complexity index is 504. The molecule has 0 aliphatic carbocycles. The van der Waals surface area contributed by atoms with Gasteiger partial charge in [-0.3, -0.25) is 0 Å². The molecule has 0 saturated carbocycles. The molecule has 0 spiro atoms. The maximum Gasteiger partial charge on any atom is 0.166 e. The highest BCUT2D eigenvalue weighted by Crippen LogP contribution is 2.34. The van der Waals surface area contributed by atoms with Crippen LogP contribution in [-0.2, 0) is 0 Å². The molecule has 0 bridgehead atoms. The molecule has 0 atom stereocenters. The fourth-order valence-electron chi connectivity index (χ4n) is 1.48. The molecule has 1 aromatic heterocycles. The van der Waals surface area contributed by atoms with E-state index >= 15 is 0 Å². The summed E-state index contributed by atoms with van der Waals surface area (Å²) >= 11 is 6.21. The van der Waals surface area contributed by atoms with Crippen molar-refractivity contribution >= 4 is 23.0 Å². The second kappa shape index (κ2) is 4.55. The van der Waals surface area contributed by atoms with Crippen molar-refractivity contribution in [1.82, 2.24) is 15.0 Å². The molecular weight excluding hydrogens is 238 g/mol. The Kier molecular flexibility index (Phi) is 3.10.